The number of carbonyl (C=O) groups is 1. The van der Waals surface area contributed by atoms with E-state index >= 15 is 0 Å². The molecule has 1 spiro atoms. The van der Waals surface area contributed by atoms with Gasteiger partial charge >= 0.3 is 0 Å². The average molecular weight is 398 g/mol. The standard InChI is InChI=1S/C16H16F2N4O4S/c17-11-3-20-22(5-11)6-12-7-26-16(10-27(12,24)25)8-21(9-16)15(23)13-1-2-19-4-14(13)18/h1-5,12H,6-10H2/t12-/m0/s1. The first-order chi connectivity index (χ1) is 12.8. The van der Waals surface area contributed by atoms with Crippen molar-refractivity contribution in [1.29, 1.82) is 0 Å². The van der Waals surface area contributed by atoms with E-state index in [9.17, 15) is 22.0 Å². The molecule has 0 unspecified atom stereocenters. The zero-order valence-corrected chi connectivity index (χ0v) is 14.9. The second-order valence-corrected chi connectivity index (χ2v) is 9.10. The van der Waals surface area contributed by atoms with Crippen LogP contribution in [-0.4, -0.2) is 70.3 Å². The number of rotatable bonds is 3. The molecule has 8 nitrogen and oxygen atoms in total. The molecule has 0 saturated carbocycles. The number of hydrogen-bond acceptors (Lipinski definition) is 6. The van der Waals surface area contributed by atoms with Crippen LogP contribution in [0.1, 0.15) is 10.4 Å². The Morgan fingerprint density at radius 2 is 2.11 bits per heavy atom. The number of sulfone groups is 1. The lowest BCUT2D eigenvalue weighted by Crippen LogP contribution is -2.70. The molecular weight excluding hydrogens is 382 g/mol. The summed E-state index contributed by atoms with van der Waals surface area (Å²) in [6, 6.07) is 1.28. The van der Waals surface area contributed by atoms with E-state index in [1.165, 1.54) is 21.8 Å². The molecule has 2 saturated heterocycles. The molecule has 4 heterocycles. The van der Waals surface area contributed by atoms with Crippen LogP contribution in [0, 0.1) is 11.6 Å². The summed E-state index contributed by atoms with van der Waals surface area (Å²) in [5.41, 5.74) is -1.10. The summed E-state index contributed by atoms with van der Waals surface area (Å²) in [5.74, 6) is -2.06. The molecule has 4 rings (SSSR count). The van der Waals surface area contributed by atoms with E-state index in [-0.39, 0.29) is 37.6 Å². The second-order valence-electron chi connectivity index (χ2n) is 6.82. The third-order valence-electron chi connectivity index (χ3n) is 4.79. The van der Waals surface area contributed by atoms with Crippen molar-refractivity contribution >= 4 is 15.7 Å². The molecule has 2 aromatic rings. The van der Waals surface area contributed by atoms with Gasteiger partial charge in [0.2, 0.25) is 0 Å². The van der Waals surface area contributed by atoms with Gasteiger partial charge in [0.25, 0.3) is 5.91 Å². The van der Waals surface area contributed by atoms with Crippen LogP contribution in [0.15, 0.2) is 30.9 Å². The maximum absolute atomic E-state index is 13.7. The van der Waals surface area contributed by atoms with Crippen molar-refractivity contribution in [1.82, 2.24) is 19.7 Å². The summed E-state index contributed by atoms with van der Waals surface area (Å²) in [5, 5.41) is 2.91. The SMILES string of the molecule is O=C(c1ccncc1F)N1CC2(C1)CS(=O)(=O)[C@@H](Cn1cc(F)cn1)CO2. The topological polar surface area (TPSA) is 94.4 Å². The monoisotopic (exact) mass is 398 g/mol. The van der Waals surface area contributed by atoms with Crippen LogP contribution in [-0.2, 0) is 21.1 Å². The lowest BCUT2D eigenvalue weighted by atomic mass is 9.94. The van der Waals surface area contributed by atoms with E-state index in [4.69, 9.17) is 4.74 Å². The highest BCUT2D eigenvalue weighted by molar-refractivity contribution is 7.92. The molecular formula is C16H16F2N4O4S. The maximum Gasteiger partial charge on any atom is 0.257 e. The molecule has 0 aliphatic carbocycles. The number of hydrogen-bond donors (Lipinski definition) is 0. The van der Waals surface area contributed by atoms with Gasteiger partial charge in [0.15, 0.2) is 21.5 Å². The molecule has 0 bridgehead atoms. The third-order valence-corrected chi connectivity index (χ3v) is 7.02. The second kappa shape index (κ2) is 6.34. The smallest absolute Gasteiger partial charge is 0.257 e. The number of carbonyl (C=O) groups excluding carboxylic acids is 1. The molecule has 0 radical (unpaired) electrons. The Balaban J connectivity index is 1.41. The number of amides is 1. The molecule has 1 atom stereocenters. The van der Waals surface area contributed by atoms with Crippen LogP contribution < -0.4 is 0 Å². The Labute approximate surface area is 153 Å². The summed E-state index contributed by atoms with van der Waals surface area (Å²) >= 11 is 0. The van der Waals surface area contributed by atoms with E-state index < -0.39 is 38.2 Å². The number of nitrogens with zero attached hydrogens (tertiary/aromatic N) is 4. The van der Waals surface area contributed by atoms with E-state index in [0.717, 1.165) is 18.6 Å². The molecule has 2 fully saturated rings. The highest BCUT2D eigenvalue weighted by atomic mass is 32.2. The Morgan fingerprint density at radius 3 is 2.74 bits per heavy atom. The van der Waals surface area contributed by atoms with Crippen molar-refractivity contribution in [2.75, 3.05) is 25.4 Å². The van der Waals surface area contributed by atoms with Crippen molar-refractivity contribution in [2.24, 2.45) is 0 Å². The van der Waals surface area contributed by atoms with Gasteiger partial charge in [-0.15, -0.1) is 0 Å². The first-order valence-corrected chi connectivity index (χ1v) is 9.92. The van der Waals surface area contributed by atoms with Crippen molar-refractivity contribution in [3.05, 3.63) is 48.1 Å². The third kappa shape index (κ3) is 3.32. The van der Waals surface area contributed by atoms with Crippen molar-refractivity contribution in [3.8, 4) is 0 Å². The Kier molecular flexibility index (Phi) is 4.22. The van der Waals surface area contributed by atoms with Gasteiger partial charge in [-0.2, -0.15) is 5.10 Å². The van der Waals surface area contributed by atoms with Crippen molar-refractivity contribution < 1.29 is 26.7 Å². The lowest BCUT2D eigenvalue weighted by molar-refractivity contribution is -0.121. The fraction of sp³-hybridized carbons (Fsp3) is 0.438. The molecule has 27 heavy (non-hydrogen) atoms. The van der Waals surface area contributed by atoms with Gasteiger partial charge in [-0.3, -0.25) is 14.5 Å². The zero-order chi connectivity index (χ0) is 19.2. The Bertz CT molecular complexity index is 988. The minimum atomic E-state index is -3.53. The minimum Gasteiger partial charge on any atom is -0.369 e. The molecule has 0 aromatic carbocycles. The van der Waals surface area contributed by atoms with E-state index in [1.807, 2.05) is 0 Å². The van der Waals surface area contributed by atoms with Crippen molar-refractivity contribution in [2.45, 2.75) is 17.4 Å². The number of pyridine rings is 1. The van der Waals surface area contributed by atoms with Gasteiger partial charge in [-0.25, -0.2) is 17.2 Å². The molecule has 2 aliphatic heterocycles. The highest BCUT2D eigenvalue weighted by Crippen LogP contribution is 2.34. The first kappa shape index (κ1) is 18.0. The zero-order valence-electron chi connectivity index (χ0n) is 14.1. The number of aromatic nitrogens is 3. The average Bonchev–Trinajstić information content (AvgIpc) is 2.99. The molecule has 2 aliphatic rings. The van der Waals surface area contributed by atoms with E-state index in [2.05, 4.69) is 10.1 Å². The number of likely N-dealkylation sites (tertiary alicyclic amines) is 1. The molecule has 0 N–H and O–H groups in total. The molecule has 144 valence electrons. The molecule has 2 aromatic heterocycles. The van der Waals surface area contributed by atoms with Gasteiger partial charge in [-0.1, -0.05) is 0 Å². The highest BCUT2D eigenvalue weighted by Gasteiger charge is 2.54. The quantitative estimate of drug-likeness (QED) is 0.737. The van der Waals surface area contributed by atoms with E-state index in [0.29, 0.717) is 0 Å². The Morgan fingerprint density at radius 1 is 1.33 bits per heavy atom. The van der Waals surface area contributed by atoms with Crippen LogP contribution in [0.5, 0.6) is 0 Å². The van der Waals surface area contributed by atoms with Gasteiger partial charge in [0, 0.05) is 6.20 Å². The number of ether oxygens (including phenoxy) is 1. The predicted molar refractivity (Wildman–Crippen MR) is 88.5 cm³/mol. The summed E-state index contributed by atoms with van der Waals surface area (Å²) in [7, 11) is -3.53. The fourth-order valence-electron chi connectivity index (χ4n) is 3.41. The van der Waals surface area contributed by atoms with Gasteiger partial charge in [0.05, 0.1) is 56.1 Å². The minimum absolute atomic E-state index is 0.00674. The van der Waals surface area contributed by atoms with Crippen LogP contribution in [0.4, 0.5) is 8.78 Å². The Hall–Kier alpha value is -2.40. The predicted octanol–water partition coefficient (Wildman–Crippen LogP) is 0.265. The summed E-state index contributed by atoms with van der Waals surface area (Å²) in [6.07, 6.45) is 4.39. The fourth-order valence-corrected chi connectivity index (χ4v) is 5.30. The lowest BCUT2D eigenvalue weighted by Gasteiger charge is -2.52. The summed E-state index contributed by atoms with van der Waals surface area (Å²) in [4.78, 5) is 17.3. The van der Waals surface area contributed by atoms with Crippen LogP contribution in [0.2, 0.25) is 0 Å². The van der Waals surface area contributed by atoms with Crippen molar-refractivity contribution in [3.63, 3.8) is 0 Å². The van der Waals surface area contributed by atoms with Crippen LogP contribution in [0.25, 0.3) is 0 Å². The maximum atomic E-state index is 13.7. The van der Waals surface area contributed by atoms with Gasteiger partial charge in [0.1, 0.15) is 10.9 Å². The van der Waals surface area contributed by atoms with Gasteiger partial charge in [-0.05, 0) is 6.07 Å². The summed E-state index contributed by atoms with van der Waals surface area (Å²) < 4.78 is 58.9. The molecule has 1 amide bonds. The largest absolute Gasteiger partial charge is 0.369 e. The first-order valence-electron chi connectivity index (χ1n) is 8.20. The van der Waals surface area contributed by atoms with Gasteiger partial charge < -0.3 is 9.64 Å². The number of halogens is 2. The normalized spacial score (nSPS) is 23.2. The van der Waals surface area contributed by atoms with E-state index in [1.54, 1.807) is 0 Å². The summed E-state index contributed by atoms with van der Waals surface area (Å²) in [6.45, 7) is 0.0502. The van der Waals surface area contributed by atoms with Crippen LogP contribution >= 0.6 is 0 Å². The molecule has 11 heteroatoms. The van der Waals surface area contributed by atoms with Crippen LogP contribution in [0.3, 0.4) is 0 Å².